The van der Waals surface area contributed by atoms with Crippen molar-refractivity contribution in [3.8, 4) is 5.75 Å². The molecule has 0 bridgehead atoms. The van der Waals surface area contributed by atoms with Crippen molar-refractivity contribution in [3.05, 3.63) is 105 Å². The zero-order chi connectivity index (χ0) is 28.2. The largest absolute Gasteiger partial charge is 0.488 e. The van der Waals surface area contributed by atoms with E-state index in [0.29, 0.717) is 32.0 Å². The highest BCUT2D eigenvalue weighted by atomic mass is 19.2. The Kier molecular flexibility index (Phi) is 8.60. The fourth-order valence-corrected chi connectivity index (χ4v) is 5.26. The topological polar surface area (TPSA) is 41.6 Å². The van der Waals surface area contributed by atoms with E-state index in [1.165, 1.54) is 16.7 Å². The van der Waals surface area contributed by atoms with Gasteiger partial charge in [-0.15, -0.1) is 0 Å². The molecule has 0 atom stereocenters. The first kappa shape index (κ1) is 28.0. The Hall–Kier alpha value is -3.58. The predicted molar refractivity (Wildman–Crippen MR) is 150 cm³/mol. The lowest BCUT2D eigenvalue weighted by Crippen LogP contribution is -2.39. The maximum atomic E-state index is 13.9. The average molecular weight is 549 g/mol. The minimum atomic E-state index is -1.31. The van der Waals surface area contributed by atoms with Crippen molar-refractivity contribution in [2.45, 2.75) is 58.5 Å². The lowest BCUT2D eigenvalue weighted by Gasteiger charge is -2.29. The Balaban J connectivity index is 1.26. The van der Waals surface area contributed by atoms with Gasteiger partial charge in [0.25, 0.3) is 5.91 Å². The molecule has 0 aromatic heterocycles. The molecule has 1 heterocycles. The van der Waals surface area contributed by atoms with Crippen LogP contribution in [0.15, 0.2) is 60.2 Å². The zero-order valence-electron chi connectivity index (χ0n) is 23.0. The third-order valence-corrected chi connectivity index (χ3v) is 7.94. The summed E-state index contributed by atoms with van der Waals surface area (Å²) < 4.78 is 46.1. The Bertz CT molecular complexity index is 1410. The number of carbonyl (C=O) groups excluding carboxylic acids is 1. The number of aryl methyl sites for hydroxylation is 2. The van der Waals surface area contributed by atoms with E-state index in [9.17, 15) is 18.0 Å². The molecule has 0 saturated heterocycles. The molecule has 7 heteroatoms. The molecule has 1 fully saturated rings. The van der Waals surface area contributed by atoms with E-state index >= 15 is 0 Å². The van der Waals surface area contributed by atoms with E-state index < -0.39 is 23.2 Å². The number of benzene rings is 3. The first-order chi connectivity index (χ1) is 19.3. The van der Waals surface area contributed by atoms with E-state index in [1.54, 1.807) is 0 Å². The monoisotopic (exact) mass is 548 g/mol. The Morgan fingerprint density at radius 1 is 1.00 bits per heavy atom. The second-order valence-corrected chi connectivity index (χ2v) is 10.7. The summed E-state index contributed by atoms with van der Waals surface area (Å²) in [7, 11) is 0. The van der Waals surface area contributed by atoms with Crippen molar-refractivity contribution in [2.24, 2.45) is 0 Å². The maximum Gasteiger partial charge on any atom is 0.251 e. The van der Waals surface area contributed by atoms with Gasteiger partial charge in [-0.3, -0.25) is 4.79 Å². The van der Waals surface area contributed by atoms with Crippen molar-refractivity contribution in [2.75, 3.05) is 19.7 Å². The highest BCUT2D eigenvalue weighted by Gasteiger charge is 2.35. The second kappa shape index (κ2) is 12.3. The Morgan fingerprint density at radius 2 is 1.75 bits per heavy atom. The van der Waals surface area contributed by atoms with Crippen molar-refractivity contribution >= 4 is 11.5 Å². The first-order valence-electron chi connectivity index (χ1n) is 14.0. The van der Waals surface area contributed by atoms with Crippen LogP contribution in [0, 0.1) is 31.3 Å². The molecular formula is C33H35F3N2O2. The summed E-state index contributed by atoms with van der Waals surface area (Å²) in [5.41, 5.74) is 7.68. The highest BCUT2D eigenvalue weighted by molar-refractivity contribution is 6.02. The summed E-state index contributed by atoms with van der Waals surface area (Å²) in [5, 5.41) is 3.39. The van der Waals surface area contributed by atoms with Gasteiger partial charge in [-0.05, 0) is 98.0 Å². The van der Waals surface area contributed by atoms with E-state index in [-0.39, 0.29) is 12.5 Å². The minimum absolute atomic E-state index is 0.0614. The Morgan fingerprint density at radius 3 is 2.50 bits per heavy atom. The van der Waals surface area contributed by atoms with Crippen LogP contribution in [-0.4, -0.2) is 36.5 Å². The fourth-order valence-electron chi connectivity index (χ4n) is 5.26. The van der Waals surface area contributed by atoms with Crippen LogP contribution >= 0.6 is 0 Å². The SMILES string of the molecule is Cc1cccc(CN(C(=O)C2=C(c3ccc(CCCOc4c(F)ccc(F)c4F)cc3)CCNC2)C2CC2)c1C. The van der Waals surface area contributed by atoms with Crippen LogP contribution in [0.2, 0.25) is 0 Å². The number of ether oxygens (including phenoxy) is 1. The van der Waals surface area contributed by atoms with Gasteiger partial charge in [0, 0.05) is 24.7 Å². The van der Waals surface area contributed by atoms with Gasteiger partial charge in [-0.25, -0.2) is 8.78 Å². The molecular weight excluding hydrogens is 513 g/mol. The Labute approximate surface area is 233 Å². The van der Waals surface area contributed by atoms with Crippen LogP contribution in [0.5, 0.6) is 5.75 Å². The zero-order valence-corrected chi connectivity index (χ0v) is 23.0. The van der Waals surface area contributed by atoms with Crippen LogP contribution in [0.1, 0.15) is 53.5 Å². The van der Waals surface area contributed by atoms with Crippen molar-refractivity contribution in [1.82, 2.24) is 10.2 Å². The number of hydrogen-bond donors (Lipinski definition) is 1. The molecule has 5 rings (SSSR count). The third-order valence-electron chi connectivity index (χ3n) is 7.94. The van der Waals surface area contributed by atoms with Crippen molar-refractivity contribution < 1.29 is 22.7 Å². The van der Waals surface area contributed by atoms with E-state index in [0.717, 1.165) is 60.2 Å². The van der Waals surface area contributed by atoms with Crippen molar-refractivity contribution in [1.29, 1.82) is 0 Å². The molecule has 3 aromatic rings. The van der Waals surface area contributed by atoms with Crippen LogP contribution in [-0.2, 0) is 17.8 Å². The molecule has 0 radical (unpaired) electrons. The van der Waals surface area contributed by atoms with Crippen LogP contribution < -0.4 is 10.1 Å². The number of rotatable bonds is 10. The number of amides is 1. The predicted octanol–water partition coefficient (Wildman–Crippen LogP) is 6.67. The summed E-state index contributed by atoms with van der Waals surface area (Å²) in [6.07, 6.45) is 4.02. The van der Waals surface area contributed by atoms with Gasteiger partial charge in [0.2, 0.25) is 5.82 Å². The maximum absolute atomic E-state index is 13.9. The fraction of sp³-hybridized carbons (Fsp3) is 0.364. The average Bonchev–Trinajstić information content (AvgIpc) is 3.81. The molecule has 0 spiro atoms. The van der Waals surface area contributed by atoms with E-state index in [1.807, 2.05) is 24.3 Å². The van der Waals surface area contributed by atoms with Gasteiger partial charge in [0.05, 0.1) is 6.61 Å². The number of carbonyl (C=O) groups is 1. The molecule has 210 valence electrons. The standard InChI is InChI=1S/C33H35F3N2O2/c1-21-5-3-7-25(22(21)2)20-38(26-12-13-26)33(39)28-19-37-17-16-27(28)24-10-8-23(9-11-24)6-4-18-40-32-30(35)15-14-29(34)31(32)36/h3,5,7-11,14-15,26,37H,4,6,12-13,16-20H2,1-2H3. The van der Waals surface area contributed by atoms with E-state index in [2.05, 4.69) is 42.3 Å². The quantitative estimate of drug-likeness (QED) is 0.227. The van der Waals surface area contributed by atoms with Gasteiger partial charge in [0.15, 0.2) is 17.4 Å². The van der Waals surface area contributed by atoms with Gasteiger partial charge in [-0.1, -0.05) is 42.5 Å². The van der Waals surface area contributed by atoms with E-state index in [4.69, 9.17) is 4.74 Å². The minimum Gasteiger partial charge on any atom is -0.488 e. The van der Waals surface area contributed by atoms with Crippen molar-refractivity contribution in [3.63, 3.8) is 0 Å². The first-order valence-corrected chi connectivity index (χ1v) is 14.0. The smallest absolute Gasteiger partial charge is 0.251 e. The summed E-state index contributed by atoms with van der Waals surface area (Å²) in [4.78, 5) is 16.0. The summed E-state index contributed by atoms with van der Waals surface area (Å²) in [5.74, 6) is -3.92. The summed E-state index contributed by atoms with van der Waals surface area (Å²) in [6, 6.07) is 16.3. The number of nitrogens with zero attached hydrogens (tertiary/aromatic N) is 1. The summed E-state index contributed by atoms with van der Waals surface area (Å²) >= 11 is 0. The van der Waals surface area contributed by atoms with Crippen LogP contribution in [0.3, 0.4) is 0 Å². The van der Waals surface area contributed by atoms with Gasteiger partial charge < -0.3 is 15.0 Å². The van der Waals surface area contributed by atoms with Crippen LogP contribution in [0.25, 0.3) is 5.57 Å². The van der Waals surface area contributed by atoms with Crippen LogP contribution in [0.4, 0.5) is 13.2 Å². The molecule has 40 heavy (non-hydrogen) atoms. The number of nitrogens with one attached hydrogen (secondary N) is 1. The molecule has 0 unspecified atom stereocenters. The normalized spacial score (nSPS) is 15.3. The lowest BCUT2D eigenvalue weighted by atomic mass is 9.92. The highest BCUT2D eigenvalue weighted by Crippen LogP contribution is 2.33. The molecule has 1 saturated carbocycles. The van der Waals surface area contributed by atoms with Gasteiger partial charge in [-0.2, -0.15) is 4.39 Å². The van der Waals surface area contributed by atoms with Gasteiger partial charge in [0.1, 0.15) is 0 Å². The molecule has 4 nitrogen and oxygen atoms in total. The lowest BCUT2D eigenvalue weighted by molar-refractivity contribution is -0.128. The molecule has 1 amide bonds. The van der Waals surface area contributed by atoms with Gasteiger partial charge >= 0.3 is 0 Å². The molecule has 3 aromatic carbocycles. The molecule has 2 aliphatic rings. The number of halogens is 3. The number of hydrogen-bond acceptors (Lipinski definition) is 3. The molecule has 1 N–H and O–H groups in total. The molecule has 1 aliphatic carbocycles. The molecule has 1 aliphatic heterocycles. The second-order valence-electron chi connectivity index (χ2n) is 10.7. The third kappa shape index (κ3) is 6.25. The summed E-state index contributed by atoms with van der Waals surface area (Å²) in [6.45, 7) is 6.28.